The zero-order valence-electron chi connectivity index (χ0n) is 14.8. The minimum absolute atomic E-state index is 0.450. The third kappa shape index (κ3) is 3.21. The Morgan fingerprint density at radius 3 is 2.37 bits per heavy atom. The molecule has 0 aliphatic heterocycles. The number of aryl methyl sites for hydroxylation is 2. The van der Waals surface area contributed by atoms with Gasteiger partial charge in [-0.2, -0.15) is 13.2 Å². The van der Waals surface area contributed by atoms with Crippen LogP contribution in [-0.4, -0.2) is 4.98 Å². The first-order valence-corrected chi connectivity index (χ1v) is 8.48. The molecule has 0 spiro atoms. The van der Waals surface area contributed by atoms with Crippen LogP contribution in [0, 0.1) is 13.8 Å². The maximum absolute atomic E-state index is 13.1. The van der Waals surface area contributed by atoms with Gasteiger partial charge in [0.1, 0.15) is 5.52 Å². The van der Waals surface area contributed by atoms with Gasteiger partial charge < -0.3 is 4.42 Å². The molecule has 5 heteroatoms. The lowest BCUT2D eigenvalue weighted by Gasteiger charge is -2.09. The molecular formula is C22H16F3NO. The summed E-state index contributed by atoms with van der Waals surface area (Å²) in [5, 5.41) is 0. The molecule has 0 atom stereocenters. The van der Waals surface area contributed by atoms with Gasteiger partial charge in [0.2, 0.25) is 5.89 Å². The molecule has 0 bridgehead atoms. The second-order valence-corrected chi connectivity index (χ2v) is 6.57. The van der Waals surface area contributed by atoms with Crippen molar-refractivity contribution in [3.8, 4) is 22.6 Å². The number of rotatable bonds is 2. The predicted octanol–water partition coefficient (Wildman–Crippen LogP) is 6.80. The Labute approximate surface area is 154 Å². The van der Waals surface area contributed by atoms with E-state index in [-0.39, 0.29) is 0 Å². The predicted molar refractivity (Wildman–Crippen MR) is 99.4 cm³/mol. The third-order valence-corrected chi connectivity index (χ3v) is 4.51. The van der Waals surface area contributed by atoms with E-state index in [4.69, 9.17) is 4.42 Å². The van der Waals surface area contributed by atoms with Gasteiger partial charge in [0, 0.05) is 11.1 Å². The zero-order valence-corrected chi connectivity index (χ0v) is 14.8. The summed E-state index contributed by atoms with van der Waals surface area (Å²) in [5.41, 5.74) is 4.25. The lowest BCUT2D eigenvalue weighted by molar-refractivity contribution is -0.137. The average Bonchev–Trinajstić information content (AvgIpc) is 3.04. The minimum atomic E-state index is -4.40. The molecule has 3 aromatic carbocycles. The van der Waals surface area contributed by atoms with Crippen molar-refractivity contribution in [2.24, 2.45) is 0 Å². The van der Waals surface area contributed by atoms with Gasteiger partial charge in [0.05, 0.1) is 5.56 Å². The van der Waals surface area contributed by atoms with E-state index in [2.05, 4.69) is 4.98 Å². The van der Waals surface area contributed by atoms with Crippen LogP contribution in [0.5, 0.6) is 0 Å². The van der Waals surface area contributed by atoms with E-state index in [0.29, 0.717) is 28.1 Å². The minimum Gasteiger partial charge on any atom is -0.435 e. The van der Waals surface area contributed by atoms with Crippen molar-refractivity contribution in [1.82, 2.24) is 4.98 Å². The van der Waals surface area contributed by atoms with Crippen molar-refractivity contribution in [1.29, 1.82) is 0 Å². The first-order valence-electron chi connectivity index (χ1n) is 8.48. The SMILES string of the molecule is Cc1cc(-c2cccc(C(F)(F)F)c2)c2oc(-c3ccccc3C)nc2c1. The summed E-state index contributed by atoms with van der Waals surface area (Å²) in [4.78, 5) is 4.57. The number of alkyl halides is 3. The second kappa shape index (κ2) is 6.27. The second-order valence-electron chi connectivity index (χ2n) is 6.57. The summed E-state index contributed by atoms with van der Waals surface area (Å²) in [7, 11) is 0. The fourth-order valence-electron chi connectivity index (χ4n) is 3.18. The van der Waals surface area contributed by atoms with Crippen molar-refractivity contribution in [3.63, 3.8) is 0 Å². The number of nitrogens with zero attached hydrogens (tertiary/aromatic N) is 1. The van der Waals surface area contributed by atoms with Crippen LogP contribution < -0.4 is 0 Å². The zero-order chi connectivity index (χ0) is 19.2. The smallest absolute Gasteiger partial charge is 0.416 e. The van der Waals surface area contributed by atoms with Crippen LogP contribution in [0.2, 0.25) is 0 Å². The Bertz CT molecular complexity index is 1140. The molecule has 0 saturated carbocycles. The van der Waals surface area contributed by atoms with Crippen molar-refractivity contribution >= 4 is 11.1 Å². The van der Waals surface area contributed by atoms with Crippen molar-refractivity contribution in [2.75, 3.05) is 0 Å². The van der Waals surface area contributed by atoms with Crippen LogP contribution in [0.4, 0.5) is 13.2 Å². The van der Waals surface area contributed by atoms with E-state index in [1.807, 2.05) is 50.2 Å². The molecule has 0 saturated heterocycles. The van der Waals surface area contributed by atoms with Crippen LogP contribution in [0.15, 0.2) is 65.1 Å². The molecule has 4 rings (SSSR count). The highest BCUT2D eigenvalue weighted by atomic mass is 19.4. The number of hydrogen-bond acceptors (Lipinski definition) is 2. The molecule has 1 aromatic heterocycles. The summed E-state index contributed by atoms with van der Waals surface area (Å²) >= 11 is 0. The molecule has 4 aromatic rings. The van der Waals surface area contributed by atoms with Gasteiger partial charge in [-0.15, -0.1) is 0 Å². The van der Waals surface area contributed by atoms with Gasteiger partial charge in [-0.1, -0.05) is 30.3 Å². The average molecular weight is 367 g/mol. The van der Waals surface area contributed by atoms with E-state index in [9.17, 15) is 13.2 Å². The number of hydrogen-bond donors (Lipinski definition) is 0. The molecule has 0 unspecified atom stereocenters. The van der Waals surface area contributed by atoms with Crippen LogP contribution in [-0.2, 0) is 6.18 Å². The molecule has 0 N–H and O–H groups in total. The first-order chi connectivity index (χ1) is 12.8. The lowest BCUT2D eigenvalue weighted by atomic mass is 10.00. The monoisotopic (exact) mass is 367 g/mol. The van der Waals surface area contributed by atoms with E-state index < -0.39 is 11.7 Å². The highest BCUT2D eigenvalue weighted by Gasteiger charge is 2.30. The van der Waals surface area contributed by atoms with Crippen LogP contribution in [0.3, 0.4) is 0 Å². The number of fused-ring (bicyclic) bond motifs is 1. The highest BCUT2D eigenvalue weighted by Crippen LogP contribution is 2.37. The fraction of sp³-hybridized carbons (Fsp3) is 0.136. The lowest BCUT2D eigenvalue weighted by Crippen LogP contribution is -2.04. The fourth-order valence-corrected chi connectivity index (χ4v) is 3.18. The maximum Gasteiger partial charge on any atom is 0.416 e. The van der Waals surface area contributed by atoms with Crippen molar-refractivity contribution < 1.29 is 17.6 Å². The van der Waals surface area contributed by atoms with Gasteiger partial charge in [-0.25, -0.2) is 4.98 Å². The van der Waals surface area contributed by atoms with Crippen molar-refractivity contribution in [3.05, 3.63) is 77.4 Å². The normalized spacial score (nSPS) is 11.9. The van der Waals surface area contributed by atoms with E-state index in [1.165, 1.54) is 6.07 Å². The molecule has 136 valence electrons. The Kier molecular flexibility index (Phi) is 4.02. The molecule has 2 nitrogen and oxygen atoms in total. The topological polar surface area (TPSA) is 26.0 Å². The first kappa shape index (κ1) is 17.3. The molecule has 0 radical (unpaired) electrons. The summed E-state index contributed by atoms with van der Waals surface area (Å²) < 4.78 is 45.3. The Hall–Kier alpha value is -3.08. The van der Waals surface area contributed by atoms with Gasteiger partial charge in [-0.05, 0) is 60.9 Å². The molecule has 0 aliphatic carbocycles. The Morgan fingerprint density at radius 1 is 0.852 bits per heavy atom. The number of aromatic nitrogens is 1. The third-order valence-electron chi connectivity index (χ3n) is 4.51. The van der Waals surface area contributed by atoms with Crippen LogP contribution >= 0.6 is 0 Å². The maximum atomic E-state index is 13.1. The summed E-state index contributed by atoms with van der Waals surface area (Å²) in [6.45, 7) is 3.85. The Balaban J connectivity index is 1.93. The van der Waals surface area contributed by atoms with Gasteiger partial charge >= 0.3 is 6.18 Å². The van der Waals surface area contributed by atoms with Gasteiger partial charge in [0.15, 0.2) is 5.58 Å². The standard InChI is InChI=1S/C22H16F3NO/c1-13-10-18(15-7-5-8-16(12-15)22(23,24)25)20-19(11-13)26-21(27-20)17-9-4-3-6-14(17)2/h3-12H,1-2H3. The molecule has 0 fully saturated rings. The summed E-state index contributed by atoms with van der Waals surface area (Å²) in [6, 6.07) is 16.7. The quantitative estimate of drug-likeness (QED) is 0.389. The van der Waals surface area contributed by atoms with Crippen LogP contribution in [0.25, 0.3) is 33.7 Å². The molecule has 0 aliphatic rings. The number of oxazole rings is 1. The number of halogens is 3. The molecular weight excluding hydrogens is 351 g/mol. The van der Waals surface area contributed by atoms with Gasteiger partial charge in [0.25, 0.3) is 0 Å². The van der Waals surface area contributed by atoms with E-state index in [0.717, 1.165) is 28.8 Å². The largest absolute Gasteiger partial charge is 0.435 e. The molecule has 1 heterocycles. The summed E-state index contributed by atoms with van der Waals surface area (Å²) in [5.74, 6) is 0.460. The number of benzene rings is 3. The van der Waals surface area contributed by atoms with Crippen LogP contribution in [0.1, 0.15) is 16.7 Å². The summed E-state index contributed by atoms with van der Waals surface area (Å²) in [6.07, 6.45) is -4.40. The van der Waals surface area contributed by atoms with Crippen molar-refractivity contribution in [2.45, 2.75) is 20.0 Å². The van der Waals surface area contributed by atoms with E-state index in [1.54, 1.807) is 6.07 Å². The van der Waals surface area contributed by atoms with E-state index >= 15 is 0 Å². The Morgan fingerprint density at radius 2 is 1.63 bits per heavy atom. The van der Waals surface area contributed by atoms with Gasteiger partial charge in [-0.3, -0.25) is 0 Å². The molecule has 27 heavy (non-hydrogen) atoms. The molecule has 0 amide bonds. The highest BCUT2D eigenvalue weighted by molar-refractivity contribution is 5.92.